The van der Waals surface area contributed by atoms with Gasteiger partial charge in [0, 0.05) is 16.9 Å². The first-order valence-corrected chi connectivity index (χ1v) is 11.4. The maximum Gasteiger partial charge on any atom is 0.260 e. The van der Waals surface area contributed by atoms with Crippen molar-refractivity contribution >= 4 is 93.0 Å². The Morgan fingerprint density at radius 1 is 1.03 bits per heavy atom. The maximum absolute atomic E-state index is 13.0. The monoisotopic (exact) mass is 539 g/mol. The van der Waals surface area contributed by atoms with E-state index >= 15 is 0 Å². The Morgan fingerprint density at radius 2 is 1.48 bits per heavy atom. The lowest BCUT2D eigenvalue weighted by Gasteiger charge is -2.39. The number of halogens is 7. The minimum absolute atomic E-state index is 0.0279. The fraction of sp³-hybridized carbons (Fsp3) is 0.647. The number of imide groups is 1. The normalized spacial score (nSPS) is 49.5. The molecule has 29 heavy (non-hydrogen) atoms. The number of allylic oxidation sites excluding steroid dienone is 3. The molecular weight excluding hydrogens is 530 g/mol. The third-order valence-electron chi connectivity index (χ3n) is 6.71. The fourth-order valence-electron chi connectivity index (χ4n) is 5.62. The zero-order chi connectivity index (χ0) is 21.3. The molecule has 2 aliphatic carbocycles. The molecule has 0 unspecified atom stereocenters. The molecule has 8 atom stereocenters. The van der Waals surface area contributed by atoms with Crippen LogP contribution in [-0.4, -0.2) is 49.8 Å². The zero-order valence-corrected chi connectivity index (χ0v) is 19.8. The molecule has 3 heterocycles. The number of carbonyl (C=O) groups is 2. The number of hydroxylamine groups is 2. The van der Waals surface area contributed by atoms with Crippen molar-refractivity contribution in [2.45, 2.75) is 33.2 Å². The predicted molar refractivity (Wildman–Crippen MR) is 110 cm³/mol. The maximum atomic E-state index is 13.0. The van der Waals surface area contributed by atoms with E-state index < -0.39 is 61.8 Å². The van der Waals surface area contributed by atoms with Crippen LogP contribution < -0.4 is 0 Å². The highest BCUT2D eigenvalue weighted by Crippen LogP contribution is 2.81. The smallest absolute Gasteiger partial charge is 0.260 e. The van der Waals surface area contributed by atoms with Gasteiger partial charge in [-0.3, -0.25) is 14.4 Å². The van der Waals surface area contributed by atoms with Crippen molar-refractivity contribution in [2.75, 3.05) is 6.61 Å². The summed E-state index contributed by atoms with van der Waals surface area (Å²) in [5.74, 6) is -3.81. The van der Waals surface area contributed by atoms with Crippen LogP contribution in [0.4, 0.5) is 0 Å². The van der Waals surface area contributed by atoms with Crippen LogP contribution in [0.1, 0.15) is 6.92 Å². The molecular formula is C17H12Cl7NO4. The van der Waals surface area contributed by atoms with Crippen molar-refractivity contribution in [2.24, 2.45) is 23.7 Å². The average Bonchev–Trinajstić information content (AvgIpc) is 3.33. The van der Waals surface area contributed by atoms with Gasteiger partial charge in [0.1, 0.15) is 9.75 Å². The van der Waals surface area contributed by atoms with E-state index in [2.05, 4.69) is 0 Å². The quantitative estimate of drug-likeness (QED) is 0.389. The summed E-state index contributed by atoms with van der Waals surface area (Å²) in [6.07, 6.45) is 0.0362. The van der Waals surface area contributed by atoms with Crippen LogP contribution in [-0.2, 0) is 19.2 Å². The standard InChI is InChI=1S/C17H12Cl7NO4/c1-4(18)2-3-28-25-13(26)5-6(14(25)27)10-8-7(9(5)29-10)15(21)11(19)12(20)16(8,22)17(15,23)24/h2,5-10H,3H2,1H3/b4-2+/t5-,6-,7+,8+,9-,10-,15+,16+/m1/s1. The molecule has 5 nitrogen and oxygen atoms in total. The summed E-state index contributed by atoms with van der Waals surface area (Å²) in [6, 6.07) is 0. The van der Waals surface area contributed by atoms with Gasteiger partial charge in [-0.1, -0.05) is 58.0 Å². The molecule has 0 N–H and O–H groups in total. The molecule has 5 rings (SSSR count). The topological polar surface area (TPSA) is 55.8 Å². The summed E-state index contributed by atoms with van der Waals surface area (Å²) >= 11 is 45.6. The molecule has 3 aliphatic heterocycles. The van der Waals surface area contributed by atoms with Gasteiger partial charge in [0.05, 0.1) is 40.7 Å². The first kappa shape index (κ1) is 21.4. The SMILES string of the molecule is C/C(Cl)=C\CON1C(=O)[C@H]2[C@H]3O[C@H]([C@@H]2C1=O)[C@@H]1[C@@H]3[C@]2(Cl)C(Cl)=C(Cl)[C@]1(Cl)C2(Cl)Cl. The van der Waals surface area contributed by atoms with Crippen molar-refractivity contribution < 1.29 is 19.2 Å². The second-order valence-corrected chi connectivity index (χ2v) is 11.7. The molecule has 3 saturated heterocycles. The molecule has 158 valence electrons. The highest BCUT2D eigenvalue weighted by atomic mass is 35.5. The van der Waals surface area contributed by atoms with Gasteiger partial charge in [-0.15, -0.1) is 23.2 Å². The number of amides is 2. The van der Waals surface area contributed by atoms with Crippen LogP contribution in [0, 0.1) is 23.7 Å². The van der Waals surface area contributed by atoms with Crippen molar-refractivity contribution in [3.8, 4) is 0 Å². The Labute approximate surface area is 201 Å². The molecule has 0 aromatic rings. The fourth-order valence-corrected chi connectivity index (χ4v) is 8.75. The second-order valence-electron chi connectivity index (χ2n) is 7.85. The first-order chi connectivity index (χ1) is 13.4. The minimum Gasteiger partial charge on any atom is -0.373 e. The van der Waals surface area contributed by atoms with Gasteiger partial charge in [-0.25, -0.2) is 0 Å². The van der Waals surface area contributed by atoms with Crippen LogP contribution in [0.3, 0.4) is 0 Å². The van der Waals surface area contributed by atoms with Gasteiger partial charge in [-0.2, -0.15) is 5.06 Å². The highest BCUT2D eigenvalue weighted by Gasteiger charge is 2.90. The van der Waals surface area contributed by atoms with E-state index in [0.717, 1.165) is 5.06 Å². The Kier molecular flexibility index (Phi) is 4.68. The van der Waals surface area contributed by atoms with Crippen molar-refractivity contribution in [1.82, 2.24) is 5.06 Å². The summed E-state index contributed by atoms with van der Waals surface area (Å²) < 4.78 is 4.31. The lowest BCUT2D eigenvalue weighted by atomic mass is 9.65. The number of fused-ring (bicyclic) bond motifs is 12. The molecule has 4 fully saturated rings. The molecule has 5 aliphatic rings. The van der Waals surface area contributed by atoms with Gasteiger partial charge < -0.3 is 4.74 Å². The molecule has 0 aromatic heterocycles. The number of rotatable bonds is 3. The van der Waals surface area contributed by atoms with Gasteiger partial charge in [-0.05, 0) is 13.0 Å². The summed E-state index contributed by atoms with van der Waals surface area (Å²) in [7, 11) is 0. The van der Waals surface area contributed by atoms with E-state index in [1.807, 2.05) is 0 Å². The molecule has 0 aromatic carbocycles. The summed E-state index contributed by atoms with van der Waals surface area (Å²) in [5.41, 5.74) is 0. The molecule has 12 heteroatoms. The average molecular weight is 542 g/mol. The van der Waals surface area contributed by atoms with E-state index in [-0.39, 0.29) is 16.7 Å². The van der Waals surface area contributed by atoms with E-state index in [1.165, 1.54) is 6.08 Å². The summed E-state index contributed by atoms with van der Waals surface area (Å²) in [6.45, 7) is 1.63. The zero-order valence-electron chi connectivity index (χ0n) is 14.5. The van der Waals surface area contributed by atoms with Gasteiger partial charge >= 0.3 is 0 Å². The van der Waals surface area contributed by atoms with Crippen LogP contribution in [0.2, 0.25) is 0 Å². The number of ether oxygens (including phenoxy) is 1. The highest BCUT2D eigenvalue weighted by molar-refractivity contribution is 6.65. The minimum atomic E-state index is -1.74. The lowest BCUT2D eigenvalue weighted by molar-refractivity contribution is -0.189. The molecule has 2 amide bonds. The second kappa shape index (κ2) is 6.33. The van der Waals surface area contributed by atoms with Gasteiger partial charge in [0.15, 0.2) is 4.33 Å². The van der Waals surface area contributed by atoms with Gasteiger partial charge in [0.2, 0.25) is 0 Å². The number of nitrogens with zero attached hydrogens (tertiary/aromatic N) is 1. The van der Waals surface area contributed by atoms with E-state index in [1.54, 1.807) is 6.92 Å². The van der Waals surface area contributed by atoms with Crippen LogP contribution in [0.15, 0.2) is 21.2 Å². The number of hydrogen-bond donors (Lipinski definition) is 0. The van der Waals surface area contributed by atoms with Crippen LogP contribution in [0.5, 0.6) is 0 Å². The van der Waals surface area contributed by atoms with Gasteiger partial charge in [0.25, 0.3) is 11.8 Å². The van der Waals surface area contributed by atoms with Crippen LogP contribution in [0.25, 0.3) is 0 Å². The lowest BCUT2D eigenvalue weighted by Crippen LogP contribution is -2.50. The largest absolute Gasteiger partial charge is 0.373 e. The third kappa shape index (κ3) is 2.16. The molecule has 4 bridgehead atoms. The van der Waals surface area contributed by atoms with Crippen molar-refractivity contribution in [3.63, 3.8) is 0 Å². The summed E-state index contributed by atoms with van der Waals surface area (Å²) in [5, 5.41) is 1.33. The third-order valence-corrected chi connectivity index (χ3v) is 11.2. The van der Waals surface area contributed by atoms with Crippen molar-refractivity contribution in [3.05, 3.63) is 21.2 Å². The Balaban J connectivity index is 1.54. The predicted octanol–water partition coefficient (Wildman–Crippen LogP) is 4.52. The van der Waals surface area contributed by atoms with E-state index in [0.29, 0.717) is 5.03 Å². The first-order valence-electron chi connectivity index (χ1n) is 8.72. The molecule has 0 radical (unpaired) electrons. The number of hydrogen-bond acceptors (Lipinski definition) is 4. The molecule has 1 saturated carbocycles. The molecule has 0 spiro atoms. The summed E-state index contributed by atoms with van der Waals surface area (Å²) in [4.78, 5) is 28.2. The van der Waals surface area contributed by atoms with E-state index in [9.17, 15) is 9.59 Å². The van der Waals surface area contributed by atoms with Crippen molar-refractivity contribution in [1.29, 1.82) is 0 Å². The number of carbonyl (C=O) groups excluding carboxylic acids is 2. The Morgan fingerprint density at radius 3 is 1.90 bits per heavy atom. The van der Waals surface area contributed by atoms with Crippen LogP contribution >= 0.6 is 81.2 Å². The Hall–Kier alpha value is 0.570. The Bertz CT molecular complexity index is 859. The number of alkyl halides is 4. The van der Waals surface area contributed by atoms with E-state index in [4.69, 9.17) is 90.8 Å².